The van der Waals surface area contributed by atoms with Gasteiger partial charge in [0.25, 0.3) is 0 Å². The van der Waals surface area contributed by atoms with Gasteiger partial charge in [0.2, 0.25) is 10.0 Å². The smallest absolute Gasteiger partial charge is 0.214 e. The van der Waals surface area contributed by atoms with Gasteiger partial charge in [0.05, 0.1) is 11.8 Å². The van der Waals surface area contributed by atoms with Gasteiger partial charge in [-0.05, 0) is 19.3 Å². The van der Waals surface area contributed by atoms with Crippen molar-refractivity contribution in [2.24, 2.45) is 5.73 Å². The summed E-state index contributed by atoms with van der Waals surface area (Å²) in [6.07, 6.45) is 3.01. The Morgan fingerprint density at radius 2 is 2.27 bits per heavy atom. The highest BCUT2D eigenvalue weighted by Gasteiger charge is 2.35. The molecule has 0 aliphatic carbocycles. The van der Waals surface area contributed by atoms with E-state index < -0.39 is 16.1 Å². The summed E-state index contributed by atoms with van der Waals surface area (Å²) in [5.41, 5.74) is 5.39. The summed E-state index contributed by atoms with van der Waals surface area (Å²) >= 11 is 0. The molecule has 1 saturated heterocycles. The second kappa shape index (κ2) is 4.94. The molecular formula is C9H19N3O2S. The van der Waals surface area contributed by atoms with Crippen molar-refractivity contribution >= 4 is 15.9 Å². The van der Waals surface area contributed by atoms with E-state index >= 15 is 0 Å². The van der Waals surface area contributed by atoms with Crippen LogP contribution in [-0.4, -0.2) is 36.9 Å². The van der Waals surface area contributed by atoms with Gasteiger partial charge < -0.3 is 5.73 Å². The van der Waals surface area contributed by atoms with Crippen LogP contribution in [0.2, 0.25) is 0 Å². The Morgan fingerprint density at radius 3 is 2.80 bits per heavy atom. The fourth-order valence-corrected chi connectivity index (χ4v) is 3.73. The maximum Gasteiger partial charge on any atom is 0.214 e. The van der Waals surface area contributed by atoms with E-state index in [0.29, 0.717) is 19.4 Å². The minimum Gasteiger partial charge on any atom is -0.386 e. The highest BCUT2D eigenvalue weighted by atomic mass is 32.2. The molecule has 88 valence electrons. The van der Waals surface area contributed by atoms with Crippen molar-refractivity contribution in [2.45, 2.75) is 38.6 Å². The quantitative estimate of drug-likeness (QED) is 0.536. The third kappa shape index (κ3) is 2.92. The van der Waals surface area contributed by atoms with Crippen LogP contribution in [0.3, 0.4) is 0 Å². The predicted octanol–water partition coefficient (Wildman–Crippen LogP) is 0.517. The largest absolute Gasteiger partial charge is 0.386 e. The molecule has 3 N–H and O–H groups in total. The van der Waals surface area contributed by atoms with Crippen molar-refractivity contribution in [3.8, 4) is 0 Å². The Balaban J connectivity index is 2.73. The molecule has 0 aromatic rings. The van der Waals surface area contributed by atoms with Crippen molar-refractivity contribution in [2.75, 3.05) is 12.3 Å². The maximum atomic E-state index is 11.9. The molecule has 5 nitrogen and oxygen atoms in total. The summed E-state index contributed by atoms with van der Waals surface area (Å²) in [5, 5.41) is 7.35. The van der Waals surface area contributed by atoms with E-state index in [1.54, 1.807) is 0 Å². The number of hydrogen-bond acceptors (Lipinski definition) is 3. The average molecular weight is 233 g/mol. The SMILES string of the molecule is CCCCS(=O)(=O)N1CCCC1C(=N)N. The van der Waals surface area contributed by atoms with Crippen LogP contribution in [0.1, 0.15) is 32.6 Å². The molecule has 6 heteroatoms. The van der Waals surface area contributed by atoms with Crippen LogP contribution in [0.25, 0.3) is 0 Å². The maximum absolute atomic E-state index is 11.9. The first-order chi connectivity index (χ1) is 6.99. The molecule has 1 unspecified atom stereocenters. The third-order valence-electron chi connectivity index (χ3n) is 2.68. The second-order valence-electron chi connectivity index (χ2n) is 3.89. The molecule has 1 aliphatic rings. The van der Waals surface area contributed by atoms with E-state index in [0.717, 1.165) is 12.8 Å². The highest BCUT2D eigenvalue weighted by Crippen LogP contribution is 2.21. The van der Waals surface area contributed by atoms with E-state index in [-0.39, 0.29) is 11.6 Å². The number of nitrogens with two attached hydrogens (primary N) is 1. The van der Waals surface area contributed by atoms with Crippen LogP contribution in [0.4, 0.5) is 0 Å². The van der Waals surface area contributed by atoms with Gasteiger partial charge >= 0.3 is 0 Å². The summed E-state index contributed by atoms with van der Waals surface area (Å²) in [5.74, 6) is 0.139. The number of rotatable bonds is 5. The number of amidine groups is 1. The molecule has 15 heavy (non-hydrogen) atoms. The minimum atomic E-state index is -3.20. The molecule has 0 spiro atoms. The third-order valence-corrected chi connectivity index (χ3v) is 4.63. The van der Waals surface area contributed by atoms with Crippen molar-refractivity contribution in [3.05, 3.63) is 0 Å². The molecule has 0 aromatic carbocycles. The van der Waals surface area contributed by atoms with Crippen molar-refractivity contribution in [1.82, 2.24) is 4.31 Å². The fraction of sp³-hybridized carbons (Fsp3) is 0.889. The van der Waals surface area contributed by atoms with E-state index in [9.17, 15) is 8.42 Å². The number of sulfonamides is 1. The van der Waals surface area contributed by atoms with Crippen LogP contribution >= 0.6 is 0 Å². The van der Waals surface area contributed by atoms with Crippen molar-refractivity contribution < 1.29 is 8.42 Å². The molecule has 1 fully saturated rings. The summed E-state index contributed by atoms with van der Waals surface area (Å²) in [7, 11) is -3.20. The molecule has 0 amide bonds. The topological polar surface area (TPSA) is 87.2 Å². The molecule has 0 radical (unpaired) electrons. The first-order valence-corrected chi connectivity index (χ1v) is 6.93. The van der Waals surface area contributed by atoms with Crippen LogP contribution in [-0.2, 0) is 10.0 Å². The van der Waals surface area contributed by atoms with Gasteiger partial charge in [-0.3, -0.25) is 5.41 Å². The predicted molar refractivity (Wildman–Crippen MR) is 60.3 cm³/mol. The Morgan fingerprint density at radius 1 is 1.60 bits per heavy atom. The van der Waals surface area contributed by atoms with Gasteiger partial charge in [0.1, 0.15) is 5.84 Å². The van der Waals surface area contributed by atoms with Crippen LogP contribution in [0.5, 0.6) is 0 Å². The molecule has 0 saturated carbocycles. The van der Waals surface area contributed by atoms with Crippen LogP contribution < -0.4 is 5.73 Å². The van der Waals surface area contributed by atoms with Crippen molar-refractivity contribution in [3.63, 3.8) is 0 Å². The van der Waals surface area contributed by atoms with E-state index in [1.807, 2.05) is 6.92 Å². The number of hydrogen-bond donors (Lipinski definition) is 2. The lowest BCUT2D eigenvalue weighted by atomic mass is 10.2. The fourth-order valence-electron chi connectivity index (χ4n) is 1.83. The first kappa shape index (κ1) is 12.4. The summed E-state index contributed by atoms with van der Waals surface area (Å²) < 4.78 is 25.2. The normalized spacial score (nSPS) is 23.1. The van der Waals surface area contributed by atoms with Gasteiger partial charge in [-0.25, -0.2) is 8.42 Å². The standard InChI is InChI=1S/C9H19N3O2S/c1-2-3-7-15(13,14)12-6-4-5-8(12)9(10)11/h8H,2-7H2,1H3,(H3,10,11). The van der Waals surface area contributed by atoms with Gasteiger partial charge in [-0.2, -0.15) is 4.31 Å². The molecule has 1 atom stereocenters. The number of unbranched alkanes of at least 4 members (excludes halogenated alkanes) is 1. The summed E-state index contributed by atoms with van der Waals surface area (Å²) in [6, 6.07) is -0.396. The van der Waals surface area contributed by atoms with Gasteiger partial charge in [0.15, 0.2) is 0 Å². The monoisotopic (exact) mass is 233 g/mol. The molecule has 0 aromatic heterocycles. The lowest BCUT2D eigenvalue weighted by Crippen LogP contribution is -2.44. The lowest BCUT2D eigenvalue weighted by Gasteiger charge is -2.22. The number of nitrogens with one attached hydrogen (secondary N) is 1. The zero-order valence-electron chi connectivity index (χ0n) is 9.07. The Kier molecular flexibility index (Phi) is 4.10. The van der Waals surface area contributed by atoms with E-state index in [4.69, 9.17) is 11.1 Å². The summed E-state index contributed by atoms with van der Waals surface area (Å²) in [4.78, 5) is 0. The summed E-state index contributed by atoms with van der Waals surface area (Å²) in [6.45, 7) is 2.47. The molecule has 1 heterocycles. The number of nitrogens with zero attached hydrogens (tertiary/aromatic N) is 1. The Hall–Kier alpha value is -0.620. The molecular weight excluding hydrogens is 214 g/mol. The zero-order chi connectivity index (χ0) is 11.5. The van der Waals surface area contributed by atoms with Crippen LogP contribution in [0, 0.1) is 5.41 Å². The minimum absolute atomic E-state index is 0.0347. The molecule has 1 rings (SSSR count). The highest BCUT2D eigenvalue weighted by molar-refractivity contribution is 7.89. The second-order valence-corrected chi connectivity index (χ2v) is 5.93. The van der Waals surface area contributed by atoms with E-state index in [2.05, 4.69) is 0 Å². The van der Waals surface area contributed by atoms with Gasteiger partial charge in [-0.1, -0.05) is 13.3 Å². The van der Waals surface area contributed by atoms with Crippen molar-refractivity contribution in [1.29, 1.82) is 5.41 Å². The van der Waals surface area contributed by atoms with Gasteiger partial charge in [-0.15, -0.1) is 0 Å². The lowest BCUT2D eigenvalue weighted by molar-refractivity contribution is 0.442. The Labute approximate surface area is 91.2 Å². The molecule has 0 bridgehead atoms. The zero-order valence-corrected chi connectivity index (χ0v) is 9.89. The first-order valence-electron chi connectivity index (χ1n) is 5.32. The van der Waals surface area contributed by atoms with E-state index in [1.165, 1.54) is 4.31 Å². The van der Waals surface area contributed by atoms with Gasteiger partial charge in [0, 0.05) is 6.54 Å². The van der Waals surface area contributed by atoms with Crippen LogP contribution in [0.15, 0.2) is 0 Å². The molecule has 1 aliphatic heterocycles. The Bertz CT molecular complexity index is 326. The average Bonchev–Trinajstić information content (AvgIpc) is 2.63.